The molecule has 41 heavy (non-hydrogen) atoms. The van der Waals surface area contributed by atoms with Gasteiger partial charge in [0.25, 0.3) is 5.91 Å². The molecule has 6 rings (SSSR count). The molecule has 1 aliphatic rings. The highest BCUT2D eigenvalue weighted by Crippen LogP contribution is 2.39. The lowest BCUT2D eigenvalue weighted by Crippen LogP contribution is -2.38. The van der Waals surface area contributed by atoms with Crippen LogP contribution in [0.3, 0.4) is 0 Å². The number of amides is 1. The molecule has 0 spiro atoms. The van der Waals surface area contributed by atoms with Gasteiger partial charge in [-0.3, -0.25) is 4.79 Å². The van der Waals surface area contributed by atoms with Crippen LogP contribution in [0, 0.1) is 6.92 Å². The van der Waals surface area contributed by atoms with Crippen molar-refractivity contribution < 1.29 is 14.7 Å². The number of thiazole rings is 2. The topological polar surface area (TPSA) is 124 Å². The van der Waals surface area contributed by atoms with E-state index in [0.29, 0.717) is 48.3 Å². The number of benzene rings is 2. The van der Waals surface area contributed by atoms with Crippen molar-refractivity contribution in [3.05, 3.63) is 82.4 Å². The molecule has 0 saturated carbocycles. The number of carbonyl (C=O) groups is 2. The van der Waals surface area contributed by atoms with Gasteiger partial charge in [0.05, 0.1) is 10.2 Å². The summed E-state index contributed by atoms with van der Waals surface area (Å²) in [5.74, 6) is 0.106. The summed E-state index contributed by atoms with van der Waals surface area (Å²) in [5.41, 5.74) is 2.51. The molecule has 1 aliphatic heterocycles. The highest BCUT2D eigenvalue weighted by molar-refractivity contribution is 7.22. The molecule has 2 aromatic carbocycles. The smallest absolute Gasteiger partial charge is 0.355 e. The second-order valence-corrected chi connectivity index (χ2v) is 11.9. The van der Waals surface area contributed by atoms with E-state index < -0.39 is 5.97 Å². The first-order valence-corrected chi connectivity index (χ1v) is 14.8. The second-order valence-electron chi connectivity index (χ2n) is 9.85. The molecule has 1 saturated heterocycles. The summed E-state index contributed by atoms with van der Waals surface area (Å²) in [6.07, 6.45) is 1.35. The Morgan fingerprint density at radius 2 is 1.73 bits per heavy atom. The van der Waals surface area contributed by atoms with Gasteiger partial charge < -0.3 is 20.2 Å². The molecule has 12 heteroatoms. The lowest BCUT2D eigenvalue weighted by molar-refractivity contribution is 0.0677. The van der Waals surface area contributed by atoms with Crippen LogP contribution in [0.2, 0.25) is 0 Å². The third-order valence-electron chi connectivity index (χ3n) is 7.14. The quantitative estimate of drug-likeness (QED) is 0.234. The average molecular weight is 586 g/mol. The van der Waals surface area contributed by atoms with E-state index in [4.69, 9.17) is 0 Å². The highest BCUT2D eigenvalue weighted by Gasteiger charge is 2.31. The Kier molecular flexibility index (Phi) is 7.33. The molecule has 0 aliphatic carbocycles. The summed E-state index contributed by atoms with van der Waals surface area (Å²) >= 11 is 2.90. The fraction of sp³-hybridized carbons (Fsp3) is 0.241. The number of hydrogen-bond donors (Lipinski definition) is 2. The summed E-state index contributed by atoms with van der Waals surface area (Å²) in [7, 11) is 1.81. The zero-order valence-corrected chi connectivity index (χ0v) is 24.1. The van der Waals surface area contributed by atoms with E-state index in [9.17, 15) is 14.7 Å². The number of carboxylic acids is 1. The number of nitrogens with one attached hydrogen (secondary N) is 1. The molecule has 0 atom stereocenters. The van der Waals surface area contributed by atoms with Crippen molar-refractivity contribution in [3.63, 3.8) is 0 Å². The van der Waals surface area contributed by atoms with Crippen molar-refractivity contribution in [3.8, 4) is 0 Å². The number of carboxylic acid groups (broad SMARTS) is 1. The van der Waals surface area contributed by atoms with E-state index in [1.165, 1.54) is 11.3 Å². The van der Waals surface area contributed by atoms with Gasteiger partial charge in [0.15, 0.2) is 27.6 Å². The number of likely N-dealkylation sites (tertiary alicyclic amines) is 1. The molecular formula is C29H27N7O3S2. The number of aromatic carboxylic acids is 1. The Morgan fingerprint density at radius 3 is 2.44 bits per heavy atom. The fourth-order valence-corrected chi connectivity index (χ4v) is 6.95. The van der Waals surface area contributed by atoms with Gasteiger partial charge in [-0.1, -0.05) is 41.7 Å². The largest absolute Gasteiger partial charge is 0.476 e. The molecule has 10 nitrogen and oxygen atoms in total. The van der Waals surface area contributed by atoms with E-state index in [1.54, 1.807) is 23.3 Å². The zero-order chi connectivity index (χ0) is 28.5. The van der Waals surface area contributed by atoms with E-state index in [0.717, 1.165) is 25.8 Å². The predicted molar refractivity (Wildman–Crippen MR) is 161 cm³/mol. The summed E-state index contributed by atoms with van der Waals surface area (Å²) in [4.78, 5) is 38.4. The molecule has 0 radical (unpaired) electrons. The van der Waals surface area contributed by atoms with Gasteiger partial charge in [0.1, 0.15) is 0 Å². The number of aromatic nitrogens is 4. The number of rotatable bonds is 7. The summed E-state index contributed by atoms with van der Waals surface area (Å²) in [5, 5.41) is 23.2. The molecule has 2 N–H and O–H groups in total. The molecule has 3 aromatic heterocycles. The number of hydrogen-bond acceptors (Lipinski definition) is 10. The second kappa shape index (κ2) is 11.2. The van der Waals surface area contributed by atoms with Crippen molar-refractivity contribution in [2.45, 2.75) is 25.7 Å². The van der Waals surface area contributed by atoms with Crippen LogP contribution in [0.1, 0.15) is 50.0 Å². The van der Waals surface area contributed by atoms with Crippen LogP contribution in [0.15, 0.2) is 60.7 Å². The average Bonchev–Trinajstić information content (AvgIpc) is 3.63. The molecular weight excluding hydrogens is 558 g/mol. The molecule has 0 unspecified atom stereocenters. The summed E-state index contributed by atoms with van der Waals surface area (Å²) < 4.78 is 1.08. The van der Waals surface area contributed by atoms with E-state index >= 15 is 0 Å². The number of piperidine rings is 1. The minimum absolute atomic E-state index is 0.00208. The monoisotopic (exact) mass is 585 g/mol. The van der Waals surface area contributed by atoms with E-state index in [-0.39, 0.29) is 17.5 Å². The first-order valence-electron chi connectivity index (χ1n) is 13.2. The predicted octanol–water partition coefficient (Wildman–Crippen LogP) is 6.08. The van der Waals surface area contributed by atoms with Gasteiger partial charge in [-0.2, -0.15) is 0 Å². The zero-order valence-electron chi connectivity index (χ0n) is 22.4. The van der Waals surface area contributed by atoms with Crippen molar-refractivity contribution in [1.82, 2.24) is 25.1 Å². The molecule has 208 valence electrons. The van der Waals surface area contributed by atoms with Gasteiger partial charge in [0.2, 0.25) is 0 Å². The summed E-state index contributed by atoms with van der Waals surface area (Å²) in [6, 6.07) is 19.0. The van der Waals surface area contributed by atoms with Crippen molar-refractivity contribution in [1.29, 1.82) is 0 Å². The van der Waals surface area contributed by atoms with Gasteiger partial charge in [0, 0.05) is 30.6 Å². The Bertz CT molecular complexity index is 1700. The van der Waals surface area contributed by atoms with Crippen molar-refractivity contribution in [2.24, 2.45) is 0 Å². The van der Waals surface area contributed by atoms with Crippen molar-refractivity contribution >= 4 is 66.7 Å². The maximum atomic E-state index is 12.9. The van der Waals surface area contributed by atoms with E-state index in [1.807, 2.05) is 72.5 Å². The van der Waals surface area contributed by atoms with Gasteiger partial charge in [-0.05, 0) is 61.6 Å². The Morgan fingerprint density at radius 1 is 1.00 bits per heavy atom. The molecule has 5 aromatic rings. The fourth-order valence-electron chi connectivity index (χ4n) is 4.89. The van der Waals surface area contributed by atoms with Gasteiger partial charge in [-0.15, -0.1) is 21.5 Å². The normalized spacial score (nSPS) is 13.9. The van der Waals surface area contributed by atoms with Crippen molar-refractivity contribution in [2.75, 3.05) is 30.4 Å². The lowest BCUT2D eigenvalue weighted by atomic mass is 9.93. The maximum absolute atomic E-state index is 12.9. The minimum atomic E-state index is -1.06. The number of nitrogens with zero attached hydrogens (tertiary/aromatic N) is 6. The first kappa shape index (κ1) is 26.8. The Hall–Kier alpha value is -4.42. The number of aryl methyl sites for hydroxylation is 1. The van der Waals surface area contributed by atoms with Crippen LogP contribution in [0.5, 0.6) is 0 Å². The van der Waals surface area contributed by atoms with Gasteiger partial charge >= 0.3 is 5.97 Å². The Labute approximate surface area is 244 Å². The van der Waals surface area contributed by atoms with E-state index in [2.05, 4.69) is 25.5 Å². The van der Waals surface area contributed by atoms with Gasteiger partial charge in [-0.25, -0.2) is 14.8 Å². The molecule has 1 fully saturated rings. The van der Waals surface area contributed by atoms with Crippen LogP contribution < -0.4 is 10.2 Å². The Balaban J connectivity index is 1.17. The van der Waals surface area contributed by atoms with Crippen LogP contribution in [0.4, 0.5) is 21.9 Å². The SMILES string of the molecule is Cc1cc(N(C)c2nc(C(=O)O)c(C3CCN(C(=O)c4ccccc4)CC3)s2)nnc1Nc1nc2ccccc2s1. The first-order chi connectivity index (χ1) is 19.9. The summed E-state index contributed by atoms with van der Waals surface area (Å²) in [6.45, 7) is 3.06. The number of para-hydroxylation sites is 1. The van der Waals surface area contributed by atoms with Crippen LogP contribution in [0.25, 0.3) is 10.2 Å². The van der Waals surface area contributed by atoms with Crippen LogP contribution in [-0.2, 0) is 0 Å². The van der Waals surface area contributed by atoms with Crippen LogP contribution >= 0.6 is 22.7 Å². The van der Waals surface area contributed by atoms with Crippen LogP contribution in [-0.4, -0.2) is 62.2 Å². The maximum Gasteiger partial charge on any atom is 0.355 e. The minimum Gasteiger partial charge on any atom is -0.476 e. The molecule has 0 bridgehead atoms. The molecule has 4 heterocycles. The lowest BCUT2D eigenvalue weighted by Gasteiger charge is -2.31. The number of anilines is 4. The highest BCUT2D eigenvalue weighted by atomic mass is 32.1. The third kappa shape index (κ3) is 5.48. The number of fused-ring (bicyclic) bond motifs is 1. The third-order valence-corrected chi connectivity index (χ3v) is 9.39. The molecule has 1 amide bonds. The number of carbonyl (C=O) groups excluding carboxylic acids is 1. The standard InChI is InChI=1S/C29H27N7O3S2/c1-17-16-22(33-34-25(17)32-28-30-20-10-6-7-11-21(20)40-28)35(2)29-31-23(27(38)39)24(41-29)18-12-14-36(15-13-18)26(37)19-8-4-3-5-9-19/h3-11,16,18H,12-15H2,1-2H3,(H,38,39)(H,30,32,34).